The van der Waals surface area contributed by atoms with Gasteiger partial charge in [0.25, 0.3) is 5.56 Å². The molecule has 176 valence electrons. The highest BCUT2D eigenvalue weighted by atomic mass is 16.5. The molecule has 3 N–H and O–H groups in total. The Bertz CT molecular complexity index is 1200. The number of H-pyrrole nitrogens is 1. The Balaban J connectivity index is 1.53. The number of rotatable bonds is 9. The first-order valence-electron chi connectivity index (χ1n) is 11.3. The molecule has 2 aromatic heterocycles. The molecule has 1 aliphatic heterocycles. The van der Waals surface area contributed by atoms with Gasteiger partial charge in [0.1, 0.15) is 18.0 Å². The average molecular weight is 456 g/mol. The summed E-state index contributed by atoms with van der Waals surface area (Å²) in [5, 5.41) is 27.5. The van der Waals surface area contributed by atoms with Crippen molar-refractivity contribution in [2.75, 3.05) is 6.61 Å². The molecule has 1 fully saturated rings. The van der Waals surface area contributed by atoms with Crippen molar-refractivity contribution in [3.05, 3.63) is 68.6 Å². The van der Waals surface area contributed by atoms with Gasteiger partial charge >= 0.3 is 5.69 Å². The third-order valence-electron chi connectivity index (χ3n) is 5.88. The van der Waals surface area contributed by atoms with Crippen LogP contribution in [0.2, 0.25) is 0 Å². The summed E-state index contributed by atoms with van der Waals surface area (Å²) in [6, 6.07) is 8.34. The van der Waals surface area contributed by atoms with E-state index >= 15 is 0 Å². The number of aliphatic hydroxyl groups is 2. The first-order chi connectivity index (χ1) is 16.0. The van der Waals surface area contributed by atoms with E-state index in [1.165, 1.54) is 29.2 Å². The van der Waals surface area contributed by atoms with E-state index in [4.69, 9.17) is 4.74 Å². The van der Waals surface area contributed by atoms with Crippen molar-refractivity contribution in [2.45, 2.75) is 64.0 Å². The van der Waals surface area contributed by atoms with Gasteiger partial charge in [-0.25, -0.2) is 9.48 Å². The first kappa shape index (κ1) is 23.1. The number of unbranched alkanes of at least 4 members (excludes halogenated alkanes) is 2. The summed E-state index contributed by atoms with van der Waals surface area (Å²) in [4.78, 5) is 27.1. The van der Waals surface area contributed by atoms with Crippen LogP contribution in [0.25, 0.3) is 11.3 Å². The zero-order chi connectivity index (χ0) is 23.4. The SMILES string of the molecule is CCCCCc1cccc(Cn2cc(-c3cn([C@H]4C[C@H](O)[C@@H](CO)O4)c(=O)[nH]c3=O)nn2)c1. The lowest BCUT2D eigenvalue weighted by atomic mass is 10.0. The van der Waals surface area contributed by atoms with Gasteiger partial charge in [0, 0.05) is 12.6 Å². The number of hydrogen-bond acceptors (Lipinski definition) is 7. The predicted molar refractivity (Wildman–Crippen MR) is 121 cm³/mol. The summed E-state index contributed by atoms with van der Waals surface area (Å²) in [5.41, 5.74) is 1.61. The number of hydrogen-bond donors (Lipinski definition) is 3. The molecule has 0 amide bonds. The van der Waals surface area contributed by atoms with Crippen LogP contribution >= 0.6 is 0 Å². The molecule has 10 nitrogen and oxygen atoms in total. The summed E-state index contributed by atoms with van der Waals surface area (Å²) in [7, 11) is 0. The second-order valence-electron chi connectivity index (χ2n) is 8.40. The Morgan fingerprint density at radius 1 is 1.21 bits per heavy atom. The van der Waals surface area contributed by atoms with Gasteiger partial charge in [-0.05, 0) is 24.0 Å². The molecule has 0 saturated carbocycles. The largest absolute Gasteiger partial charge is 0.394 e. The summed E-state index contributed by atoms with van der Waals surface area (Å²) in [5.74, 6) is 0. The van der Waals surface area contributed by atoms with Gasteiger partial charge in [0.05, 0.1) is 31.0 Å². The maximum Gasteiger partial charge on any atom is 0.330 e. The minimum Gasteiger partial charge on any atom is -0.394 e. The summed E-state index contributed by atoms with van der Waals surface area (Å²) in [6.07, 6.45) is 5.25. The van der Waals surface area contributed by atoms with E-state index in [0.29, 0.717) is 12.2 Å². The van der Waals surface area contributed by atoms with E-state index in [1.807, 2.05) is 12.1 Å². The number of aromatic amines is 1. The highest BCUT2D eigenvalue weighted by Gasteiger charge is 2.35. The average Bonchev–Trinajstić information content (AvgIpc) is 3.40. The fourth-order valence-electron chi connectivity index (χ4n) is 4.08. The molecular weight excluding hydrogens is 426 g/mol. The number of aromatic nitrogens is 5. The molecule has 1 saturated heterocycles. The van der Waals surface area contributed by atoms with Crippen molar-refractivity contribution in [3.63, 3.8) is 0 Å². The molecule has 33 heavy (non-hydrogen) atoms. The highest BCUT2D eigenvalue weighted by molar-refractivity contribution is 5.54. The molecule has 1 aromatic carbocycles. The molecule has 3 aromatic rings. The molecule has 4 rings (SSSR count). The predicted octanol–water partition coefficient (Wildman–Crippen LogP) is 1.22. The molecule has 0 unspecified atom stereocenters. The number of aliphatic hydroxyl groups excluding tert-OH is 2. The second-order valence-corrected chi connectivity index (χ2v) is 8.40. The normalized spacial score (nSPS) is 20.4. The smallest absolute Gasteiger partial charge is 0.330 e. The molecule has 0 aliphatic carbocycles. The van der Waals surface area contributed by atoms with Crippen LogP contribution in [0, 0.1) is 0 Å². The van der Waals surface area contributed by atoms with Crippen molar-refractivity contribution in [1.82, 2.24) is 24.5 Å². The Morgan fingerprint density at radius 3 is 2.79 bits per heavy atom. The lowest BCUT2D eigenvalue weighted by molar-refractivity contribution is -0.0458. The second kappa shape index (κ2) is 10.2. The molecular formula is C23H29N5O5. The number of nitrogens with one attached hydrogen (secondary N) is 1. The van der Waals surface area contributed by atoms with Crippen LogP contribution in [-0.2, 0) is 17.7 Å². The van der Waals surface area contributed by atoms with Gasteiger partial charge in [-0.3, -0.25) is 14.3 Å². The quantitative estimate of drug-likeness (QED) is 0.413. The molecule has 10 heteroatoms. The molecule has 0 radical (unpaired) electrons. The van der Waals surface area contributed by atoms with Crippen LogP contribution in [0.5, 0.6) is 0 Å². The van der Waals surface area contributed by atoms with Crippen molar-refractivity contribution in [1.29, 1.82) is 0 Å². The van der Waals surface area contributed by atoms with Crippen LogP contribution in [0.1, 0.15) is 50.0 Å². The van der Waals surface area contributed by atoms with Gasteiger partial charge in [0.2, 0.25) is 0 Å². The molecule has 3 heterocycles. The summed E-state index contributed by atoms with van der Waals surface area (Å²) in [6.45, 7) is 2.32. The lowest BCUT2D eigenvalue weighted by Crippen LogP contribution is -2.33. The zero-order valence-electron chi connectivity index (χ0n) is 18.6. The standard InChI is InChI=1S/C23H29N5O5/c1-2-3-4-6-15-7-5-8-16(9-15)11-27-13-18(25-26-27)17-12-28(23(32)24-22(17)31)21-10-19(30)20(14-29)33-21/h5,7-9,12-13,19-21,29-30H,2-4,6,10-11,14H2,1H3,(H,24,31,32)/t19-,20+,21+/m0/s1. The van der Waals surface area contributed by atoms with Crippen LogP contribution in [0.3, 0.4) is 0 Å². The van der Waals surface area contributed by atoms with E-state index in [9.17, 15) is 19.8 Å². The first-order valence-corrected chi connectivity index (χ1v) is 11.3. The highest BCUT2D eigenvalue weighted by Crippen LogP contribution is 2.27. The van der Waals surface area contributed by atoms with E-state index in [2.05, 4.69) is 34.4 Å². The van der Waals surface area contributed by atoms with Gasteiger partial charge in [-0.1, -0.05) is 49.2 Å². The van der Waals surface area contributed by atoms with Crippen LogP contribution in [0.4, 0.5) is 0 Å². The maximum atomic E-state index is 12.5. The minimum atomic E-state index is -0.902. The fourth-order valence-corrected chi connectivity index (χ4v) is 4.08. The number of aryl methyl sites for hydroxylation is 1. The van der Waals surface area contributed by atoms with Crippen molar-refractivity contribution < 1.29 is 14.9 Å². The Morgan fingerprint density at radius 2 is 2.03 bits per heavy atom. The molecule has 0 bridgehead atoms. The number of benzene rings is 1. The van der Waals surface area contributed by atoms with Crippen molar-refractivity contribution >= 4 is 0 Å². The van der Waals surface area contributed by atoms with Gasteiger partial charge < -0.3 is 14.9 Å². The van der Waals surface area contributed by atoms with Gasteiger partial charge in [-0.15, -0.1) is 5.10 Å². The summed E-state index contributed by atoms with van der Waals surface area (Å²) < 4.78 is 8.40. The topological polar surface area (TPSA) is 135 Å². The van der Waals surface area contributed by atoms with E-state index < -0.39 is 29.7 Å². The molecule has 3 atom stereocenters. The monoisotopic (exact) mass is 455 g/mol. The van der Waals surface area contributed by atoms with E-state index in [0.717, 1.165) is 18.4 Å². The minimum absolute atomic E-state index is 0.123. The Hall–Kier alpha value is -3.08. The van der Waals surface area contributed by atoms with E-state index in [1.54, 1.807) is 10.9 Å². The Labute approximate surface area is 190 Å². The number of nitrogens with zero attached hydrogens (tertiary/aromatic N) is 4. The Kier molecular flexibility index (Phi) is 7.17. The van der Waals surface area contributed by atoms with Gasteiger partial charge in [0.15, 0.2) is 0 Å². The number of ether oxygens (including phenoxy) is 1. The van der Waals surface area contributed by atoms with E-state index in [-0.39, 0.29) is 18.6 Å². The van der Waals surface area contributed by atoms with Crippen molar-refractivity contribution in [3.8, 4) is 11.3 Å². The summed E-state index contributed by atoms with van der Waals surface area (Å²) >= 11 is 0. The van der Waals surface area contributed by atoms with Crippen LogP contribution in [-0.4, -0.2) is 53.6 Å². The molecule has 0 spiro atoms. The molecule has 1 aliphatic rings. The van der Waals surface area contributed by atoms with Gasteiger partial charge in [-0.2, -0.15) is 0 Å². The van der Waals surface area contributed by atoms with Crippen molar-refractivity contribution in [2.24, 2.45) is 0 Å². The van der Waals surface area contributed by atoms with Crippen LogP contribution in [0.15, 0.2) is 46.2 Å². The third-order valence-corrected chi connectivity index (χ3v) is 5.88. The third kappa shape index (κ3) is 5.29. The zero-order valence-corrected chi connectivity index (χ0v) is 18.6. The fraction of sp³-hybridized carbons (Fsp3) is 0.478. The maximum absolute atomic E-state index is 12.5. The lowest BCUT2D eigenvalue weighted by Gasteiger charge is -2.14. The van der Waals surface area contributed by atoms with Crippen LogP contribution < -0.4 is 11.2 Å².